The third kappa shape index (κ3) is 3.29. The molecule has 0 bridgehead atoms. The second-order valence-corrected chi connectivity index (χ2v) is 6.59. The normalized spacial score (nSPS) is 14.0. The second-order valence-electron chi connectivity index (χ2n) is 6.59. The molecule has 0 saturated carbocycles. The van der Waals surface area contributed by atoms with Gasteiger partial charge in [0, 0.05) is 29.2 Å². The van der Waals surface area contributed by atoms with Crippen LogP contribution in [0.4, 0.5) is 8.78 Å². The van der Waals surface area contributed by atoms with Gasteiger partial charge in [0.15, 0.2) is 0 Å². The van der Waals surface area contributed by atoms with Crippen LogP contribution in [0.5, 0.6) is 5.75 Å². The van der Waals surface area contributed by atoms with Crippen molar-refractivity contribution >= 4 is 33.9 Å². The molecule has 4 rings (SSSR count). The van der Waals surface area contributed by atoms with E-state index in [1.165, 1.54) is 12.1 Å². The SMILES string of the molecule is CCn1cc(C2=C(c3cccc(OCC[18F])c3)C(=O)NC2=O)c2cc(F)ccc21. The summed E-state index contributed by atoms with van der Waals surface area (Å²) in [5.74, 6) is -1.12. The number of ether oxygens (including phenoxy) is 1. The molecule has 0 spiro atoms. The van der Waals surface area contributed by atoms with Crippen LogP contribution in [0.3, 0.4) is 0 Å². The zero-order valence-corrected chi connectivity index (χ0v) is 15.7. The number of halogens is 2. The maximum atomic E-state index is 13.9. The smallest absolute Gasteiger partial charge is 0.259 e. The van der Waals surface area contributed by atoms with E-state index in [1.807, 2.05) is 11.5 Å². The van der Waals surface area contributed by atoms with Gasteiger partial charge in [-0.25, -0.2) is 8.78 Å². The first-order valence-corrected chi connectivity index (χ1v) is 9.21. The van der Waals surface area contributed by atoms with Gasteiger partial charge < -0.3 is 9.30 Å². The van der Waals surface area contributed by atoms with Crippen LogP contribution in [0.2, 0.25) is 0 Å². The molecule has 2 amide bonds. The van der Waals surface area contributed by atoms with Crippen LogP contribution in [-0.4, -0.2) is 29.7 Å². The van der Waals surface area contributed by atoms with Crippen molar-refractivity contribution in [2.45, 2.75) is 13.5 Å². The van der Waals surface area contributed by atoms with Crippen LogP contribution in [0, 0.1) is 5.82 Å². The van der Waals surface area contributed by atoms with E-state index in [4.69, 9.17) is 4.74 Å². The molecule has 0 unspecified atom stereocenters. The standard InChI is InChI=1S/C22H18F2N2O3/c1-2-26-12-17(16-11-14(24)6-7-18(16)26)20-19(21(27)25-22(20)28)13-4-3-5-15(10-13)29-9-8-23/h3-7,10-12H,2,8-9H2,1H3,(H,25,27,28)/i23-1. The van der Waals surface area contributed by atoms with Crippen LogP contribution in [0.25, 0.3) is 22.0 Å². The van der Waals surface area contributed by atoms with Crippen LogP contribution in [0.1, 0.15) is 18.1 Å². The summed E-state index contributed by atoms with van der Waals surface area (Å²) in [7, 11) is 0. The Morgan fingerprint density at radius 1 is 1.07 bits per heavy atom. The molecule has 0 fully saturated rings. The molecule has 2 aromatic carbocycles. The van der Waals surface area contributed by atoms with E-state index in [9.17, 15) is 18.4 Å². The minimum Gasteiger partial charge on any atom is -0.491 e. The number of hydrogen-bond donors (Lipinski definition) is 1. The van der Waals surface area contributed by atoms with Crippen LogP contribution in [-0.2, 0) is 16.1 Å². The van der Waals surface area contributed by atoms with E-state index in [1.54, 1.807) is 36.5 Å². The maximum Gasteiger partial charge on any atom is 0.259 e. The van der Waals surface area contributed by atoms with Gasteiger partial charge in [-0.3, -0.25) is 14.9 Å². The predicted molar refractivity (Wildman–Crippen MR) is 105 cm³/mol. The summed E-state index contributed by atoms with van der Waals surface area (Å²) in [5.41, 5.74) is 2.08. The van der Waals surface area contributed by atoms with Crippen LogP contribution in [0.15, 0.2) is 48.7 Å². The van der Waals surface area contributed by atoms with Crippen LogP contribution < -0.4 is 10.1 Å². The van der Waals surface area contributed by atoms with E-state index in [2.05, 4.69) is 5.32 Å². The number of aromatic nitrogens is 1. The largest absolute Gasteiger partial charge is 0.491 e. The lowest BCUT2D eigenvalue weighted by atomic mass is 9.96. The first-order chi connectivity index (χ1) is 14.0. The zero-order valence-electron chi connectivity index (χ0n) is 15.7. The highest BCUT2D eigenvalue weighted by atomic mass is 19.1. The quantitative estimate of drug-likeness (QED) is 0.648. The van der Waals surface area contributed by atoms with Crippen molar-refractivity contribution in [2.75, 3.05) is 13.3 Å². The highest BCUT2D eigenvalue weighted by molar-refractivity contribution is 6.50. The molecule has 0 aliphatic carbocycles. The van der Waals surface area contributed by atoms with E-state index in [0.29, 0.717) is 28.8 Å². The molecule has 7 heteroatoms. The van der Waals surface area contributed by atoms with Gasteiger partial charge in [0.05, 0.1) is 11.1 Å². The van der Waals surface area contributed by atoms with Gasteiger partial charge in [-0.2, -0.15) is 0 Å². The predicted octanol–water partition coefficient (Wildman–Crippen LogP) is 3.72. The minimum atomic E-state index is -0.640. The summed E-state index contributed by atoms with van der Waals surface area (Å²) in [5, 5.41) is 2.88. The van der Waals surface area contributed by atoms with E-state index >= 15 is 0 Å². The molecule has 3 aromatic rings. The highest BCUT2D eigenvalue weighted by Gasteiger charge is 2.34. The Balaban J connectivity index is 1.94. The first kappa shape index (κ1) is 18.9. The summed E-state index contributed by atoms with van der Waals surface area (Å²) in [6.07, 6.45) is 1.75. The number of imide groups is 1. The van der Waals surface area contributed by atoms with Crippen molar-refractivity contribution in [1.29, 1.82) is 0 Å². The summed E-state index contributed by atoms with van der Waals surface area (Å²) >= 11 is 0. The summed E-state index contributed by atoms with van der Waals surface area (Å²) in [6, 6.07) is 10.9. The molecular formula is C22H18F2N2O3. The molecule has 148 valence electrons. The number of nitrogens with zero attached hydrogens (tertiary/aromatic N) is 1. The molecule has 1 aliphatic rings. The van der Waals surface area contributed by atoms with Gasteiger partial charge in [-0.1, -0.05) is 12.1 Å². The maximum absolute atomic E-state index is 13.9. The van der Waals surface area contributed by atoms with Crippen molar-refractivity contribution in [3.63, 3.8) is 0 Å². The molecule has 5 nitrogen and oxygen atoms in total. The number of carbonyl (C=O) groups is 2. The number of alkyl halides is 1. The number of carbonyl (C=O) groups excluding carboxylic acids is 2. The lowest BCUT2D eigenvalue weighted by Crippen LogP contribution is -2.22. The van der Waals surface area contributed by atoms with Gasteiger partial charge >= 0.3 is 0 Å². The van der Waals surface area contributed by atoms with Crippen molar-refractivity contribution in [2.24, 2.45) is 0 Å². The van der Waals surface area contributed by atoms with Gasteiger partial charge in [0.1, 0.15) is 24.8 Å². The third-order valence-corrected chi connectivity index (χ3v) is 4.85. The Labute approximate surface area is 165 Å². The molecule has 2 heterocycles. The van der Waals surface area contributed by atoms with E-state index < -0.39 is 24.3 Å². The average molecular weight is 395 g/mol. The fourth-order valence-corrected chi connectivity index (χ4v) is 3.62. The zero-order chi connectivity index (χ0) is 20.5. The summed E-state index contributed by atoms with van der Waals surface area (Å²) in [4.78, 5) is 25.3. The van der Waals surface area contributed by atoms with Gasteiger partial charge in [-0.05, 0) is 42.8 Å². The molecule has 29 heavy (non-hydrogen) atoms. The Morgan fingerprint density at radius 2 is 1.86 bits per heavy atom. The van der Waals surface area contributed by atoms with Gasteiger partial charge in [0.2, 0.25) is 0 Å². The number of benzene rings is 2. The summed E-state index contributed by atoms with van der Waals surface area (Å²) < 4.78 is 33.6. The second kappa shape index (κ2) is 7.50. The number of hydrogen-bond acceptors (Lipinski definition) is 3. The lowest BCUT2D eigenvalue weighted by molar-refractivity contribution is -0.122. The Hall–Kier alpha value is -3.48. The number of rotatable bonds is 6. The molecule has 1 N–H and O–H groups in total. The monoisotopic (exact) mass is 395 g/mol. The van der Waals surface area contributed by atoms with Crippen molar-refractivity contribution < 1.29 is 23.1 Å². The lowest BCUT2D eigenvalue weighted by Gasteiger charge is -2.08. The first-order valence-electron chi connectivity index (χ1n) is 9.21. The molecule has 0 radical (unpaired) electrons. The molecule has 1 aromatic heterocycles. The van der Waals surface area contributed by atoms with Gasteiger partial charge in [0.25, 0.3) is 11.8 Å². The Kier molecular flexibility index (Phi) is 4.88. The average Bonchev–Trinajstić information content (AvgIpc) is 3.21. The number of fused-ring (bicyclic) bond motifs is 1. The fraction of sp³-hybridized carbons (Fsp3) is 0.182. The molecule has 0 atom stereocenters. The van der Waals surface area contributed by atoms with Crippen LogP contribution >= 0.6 is 0 Å². The highest BCUT2D eigenvalue weighted by Crippen LogP contribution is 2.37. The van der Waals surface area contributed by atoms with Crippen molar-refractivity contribution in [1.82, 2.24) is 9.88 Å². The number of nitrogens with one attached hydrogen (secondary N) is 1. The summed E-state index contributed by atoms with van der Waals surface area (Å²) in [6.45, 7) is 1.81. The van der Waals surface area contributed by atoms with E-state index in [-0.39, 0.29) is 17.8 Å². The van der Waals surface area contributed by atoms with Crippen molar-refractivity contribution in [3.8, 4) is 5.75 Å². The fourth-order valence-electron chi connectivity index (χ4n) is 3.62. The third-order valence-electron chi connectivity index (χ3n) is 4.85. The minimum absolute atomic E-state index is 0.107. The molecule has 1 aliphatic heterocycles. The van der Waals surface area contributed by atoms with Crippen molar-refractivity contribution in [3.05, 3.63) is 65.6 Å². The number of amides is 2. The Morgan fingerprint density at radius 3 is 2.62 bits per heavy atom. The molecular weight excluding hydrogens is 377 g/mol. The topological polar surface area (TPSA) is 60.3 Å². The van der Waals surface area contributed by atoms with E-state index in [0.717, 1.165) is 5.52 Å². The van der Waals surface area contributed by atoms with Gasteiger partial charge in [-0.15, -0.1) is 0 Å². The molecule has 0 saturated heterocycles. The Bertz CT molecular complexity index is 1160. The number of aryl methyl sites for hydroxylation is 1.